The van der Waals surface area contributed by atoms with Crippen LogP contribution >= 0.6 is 11.6 Å². The number of carbonyl (C=O) groups is 1. The average molecular weight is 447 g/mol. The van der Waals surface area contributed by atoms with Crippen molar-refractivity contribution in [1.29, 1.82) is 0 Å². The number of hydrogen-bond acceptors (Lipinski definition) is 6. The van der Waals surface area contributed by atoms with Crippen LogP contribution in [0.1, 0.15) is 18.9 Å². The molecule has 2 aromatic rings. The van der Waals surface area contributed by atoms with E-state index in [1.807, 2.05) is 18.2 Å². The zero-order valence-corrected chi connectivity index (χ0v) is 18.4. The summed E-state index contributed by atoms with van der Waals surface area (Å²) in [6.45, 7) is 3.59. The Kier molecular flexibility index (Phi) is 6.27. The van der Waals surface area contributed by atoms with E-state index in [1.54, 1.807) is 25.3 Å². The van der Waals surface area contributed by atoms with Crippen LogP contribution in [0.5, 0.6) is 17.2 Å². The first kappa shape index (κ1) is 21.7. The zero-order valence-electron chi connectivity index (χ0n) is 17.7. The normalized spacial score (nSPS) is 20.9. The summed E-state index contributed by atoms with van der Waals surface area (Å²) in [6.07, 6.45) is 1.04. The molecule has 2 atom stereocenters. The van der Waals surface area contributed by atoms with E-state index >= 15 is 0 Å². The van der Waals surface area contributed by atoms with Gasteiger partial charge in [0.2, 0.25) is 5.91 Å². The maximum Gasteiger partial charge on any atom is 0.221 e. The van der Waals surface area contributed by atoms with Crippen LogP contribution in [0.2, 0.25) is 5.02 Å². The predicted octanol–water partition coefficient (Wildman–Crippen LogP) is 3.13. The molecule has 1 unspecified atom stereocenters. The minimum atomic E-state index is -0.690. The van der Waals surface area contributed by atoms with Gasteiger partial charge in [-0.15, -0.1) is 0 Å². The number of anilines is 1. The van der Waals surface area contributed by atoms with Gasteiger partial charge in [-0.05, 0) is 35.9 Å². The first-order valence-electron chi connectivity index (χ1n) is 10.3. The molecule has 7 nitrogen and oxygen atoms in total. The molecule has 0 saturated carbocycles. The molecule has 2 N–H and O–H groups in total. The lowest BCUT2D eigenvalue weighted by atomic mass is 9.96. The van der Waals surface area contributed by atoms with E-state index in [4.69, 9.17) is 25.8 Å². The fraction of sp³-hybridized carbons (Fsp3) is 0.435. The van der Waals surface area contributed by atoms with Gasteiger partial charge in [-0.3, -0.25) is 9.69 Å². The molecule has 2 aliphatic rings. The van der Waals surface area contributed by atoms with Gasteiger partial charge in [-0.1, -0.05) is 11.6 Å². The van der Waals surface area contributed by atoms with Gasteiger partial charge in [0.15, 0.2) is 0 Å². The molecule has 2 aliphatic heterocycles. The quantitative estimate of drug-likeness (QED) is 0.680. The van der Waals surface area contributed by atoms with E-state index in [2.05, 4.69) is 10.2 Å². The molecule has 0 aliphatic carbocycles. The number of halogens is 1. The second kappa shape index (κ2) is 8.94. The lowest BCUT2D eigenvalue weighted by molar-refractivity contribution is -0.114. The number of aliphatic hydroxyl groups is 1. The number of benzene rings is 2. The highest BCUT2D eigenvalue weighted by Crippen LogP contribution is 2.41. The first-order chi connectivity index (χ1) is 14.9. The Morgan fingerprint density at radius 1 is 1.35 bits per heavy atom. The van der Waals surface area contributed by atoms with Gasteiger partial charge >= 0.3 is 0 Å². The SMILES string of the molecule is COc1ccc(NC(C)=O)c(OC[C@H](O)CN2CCC3(Cc4cc(Cl)ccc4O3)C2)c1. The van der Waals surface area contributed by atoms with Crippen molar-refractivity contribution in [1.82, 2.24) is 4.90 Å². The van der Waals surface area contributed by atoms with Crippen LogP contribution < -0.4 is 19.5 Å². The maximum absolute atomic E-state index is 11.4. The van der Waals surface area contributed by atoms with Crippen molar-refractivity contribution in [2.24, 2.45) is 0 Å². The molecule has 0 radical (unpaired) electrons. The van der Waals surface area contributed by atoms with Gasteiger partial charge in [-0.25, -0.2) is 0 Å². The fourth-order valence-corrected chi connectivity index (χ4v) is 4.49. The van der Waals surface area contributed by atoms with Crippen LogP contribution in [-0.2, 0) is 11.2 Å². The molecule has 2 heterocycles. The predicted molar refractivity (Wildman–Crippen MR) is 118 cm³/mol. The number of likely N-dealkylation sites (tertiary alicyclic amines) is 1. The third-order valence-corrected chi connectivity index (χ3v) is 5.89. The molecule has 1 saturated heterocycles. The summed E-state index contributed by atoms with van der Waals surface area (Å²) in [4.78, 5) is 13.6. The Hall–Kier alpha value is -2.48. The third kappa shape index (κ3) is 5.06. The standard InChI is InChI=1S/C23H27ClN2O5/c1-15(27)25-20-5-4-19(29-2)10-22(20)30-13-18(28)12-26-8-7-23(14-26)11-16-9-17(24)3-6-21(16)31-23/h3-6,9-10,18,28H,7-8,11-14H2,1-2H3,(H,25,27)/t18-,23?/m1/s1. The Bertz CT molecular complexity index is 969. The summed E-state index contributed by atoms with van der Waals surface area (Å²) in [5, 5.41) is 14.0. The second-order valence-electron chi connectivity index (χ2n) is 8.21. The van der Waals surface area contributed by atoms with Crippen molar-refractivity contribution in [3.05, 3.63) is 47.0 Å². The number of nitrogens with one attached hydrogen (secondary N) is 1. The first-order valence-corrected chi connectivity index (χ1v) is 10.7. The summed E-state index contributed by atoms with van der Waals surface area (Å²) in [5.41, 5.74) is 1.43. The number of carbonyl (C=O) groups excluding carboxylic acids is 1. The van der Waals surface area contributed by atoms with Gasteiger partial charge in [-0.2, -0.15) is 0 Å². The Morgan fingerprint density at radius 3 is 2.97 bits per heavy atom. The number of aliphatic hydroxyl groups excluding tert-OH is 1. The van der Waals surface area contributed by atoms with Crippen LogP contribution in [0.3, 0.4) is 0 Å². The van der Waals surface area contributed by atoms with Crippen LogP contribution in [0.15, 0.2) is 36.4 Å². The van der Waals surface area contributed by atoms with Crippen molar-refractivity contribution in [2.75, 3.05) is 38.7 Å². The number of nitrogens with zero attached hydrogens (tertiary/aromatic N) is 1. The van der Waals surface area contributed by atoms with Crippen molar-refractivity contribution < 1.29 is 24.1 Å². The van der Waals surface area contributed by atoms with Crippen molar-refractivity contribution in [3.8, 4) is 17.2 Å². The number of rotatable bonds is 7. The summed E-state index contributed by atoms with van der Waals surface area (Å²) < 4.78 is 17.3. The van der Waals surface area contributed by atoms with E-state index in [0.29, 0.717) is 23.7 Å². The van der Waals surface area contributed by atoms with E-state index in [1.165, 1.54) is 6.92 Å². The summed E-state index contributed by atoms with van der Waals surface area (Å²) in [6, 6.07) is 10.9. The highest BCUT2D eigenvalue weighted by molar-refractivity contribution is 6.30. The molecule has 0 aromatic heterocycles. The zero-order chi connectivity index (χ0) is 22.0. The highest BCUT2D eigenvalue weighted by Gasteiger charge is 2.45. The van der Waals surface area contributed by atoms with E-state index in [9.17, 15) is 9.90 Å². The van der Waals surface area contributed by atoms with Gasteiger partial charge in [0.25, 0.3) is 0 Å². The Balaban J connectivity index is 1.32. The van der Waals surface area contributed by atoms with Crippen molar-refractivity contribution >= 4 is 23.2 Å². The molecule has 8 heteroatoms. The van der Waals surface area contributed by atoms with Gasteiger partial charge in [0, 0.05) is 50.5 Å². The van der Waals surface area contributed by atoms with E-state index in [-0.39, 0.29) is 18.1 Å². The maximum atomic E-state index is 11.4. The number of ether oxygens (including phenoxy) is 3. The molecule has 1 amide bonds. The topological polar surface area (TPSA) is 80.3 Å². The minimum Gasteiger partial charge on any atom is -0.497 e. The molecular formula is C23H27ClN2O5. The molecule has 4 rings (SSSR count). The van der Waals surface area contributed by atoms with Crippen LogP contribution in [0.25, 0.3) is 0 Å². The molecular weight excluding hydrogens is 420 g/mol. The Labute approximate surface area is 186 Å². The lowest BCUT2D eigenvalue weighted by Gasteiger charge is -2.25. The van der Waals surface area contributed by atoms with E-state index in [0.717, 1.165) is 42.3 Å². The van der Waals surface area contributed by atoms with E-state index < -0.39 is 6.10 Å². The van der Waals surface area contributed by atoms with Crippen LogP contribution in [0.4, 0.5) is 5.69 Å². The fourth-order valence-electron chi connectivity index (χ4n) is 4.29. The molecule has 31 heavy (non-hydrogen) atoms. The highest BCUT2D eigenvalue weighted by atomic mass is 35.5. The number of β-amino-alcohol motifs (C(OH)–C–C–N with tert-alkyl or cyclic N) is 1. The largest absolute Gasteiger partial charge is 0.497 e. The number of methoxy groups -OCH3 is 1. The number of fused-ring (bicyclic) bond motifs is 1. The minimum absolute atomic E-state index is 0.0972. The lowest BCUT2D eigenvalue weighted by Crippen LogP contribution is -2.40. The molecule has 2 aromatic carbocycles. The number of hydrogen-bond donors (Lipinski definition) is 2. The summed E-state index contributed by atoms with van der Waals surface area (Å²) in [5.74, 6) is 1.77. The van der Waals surface area contributed by atoms with Gasteiger partial charge in [0.1, 0.15) is 35.6 Å². The van der Waals surface area contributed by atoms with Crippen molar-refractivity contribution in [2.45, 2.75) is 31.5 Å². The van der Waals surface area contributed by atoms with Crippen LogP contribution in [0, 0.1) is 0 Å². The molecule has 0 bridgehead atoms. The molecule has 1 spiro atoms. The van der Waals surface area contributed by atoms with Gasteiger partial charge in [0.05, 0.1) is 12.8 Å². The molecule has 1 fully saturated rings. The summed E-state index contributed by atoms with van der Waals surface area (Å²) in [7, 11) is 1.56. The number of amides is 1. The summed E-state index contributed by atoms with van der Waals surface area (Å²) >= 11 is 6.12. The second-order valence-corrected chi connectivity index (χ2v) is 8.64. The van der Waals surface area contributed by atoms with Crippen molar-refractivity contribution in [3.63, 3.8) is 0 Å². The average Bonchev–Trinajstić information content (AvgIpc) is 3.28. The van der Waals surface area contributed by atoms with Crippen LogP contribution in [-0.4, -0.2) is 61.0 Å². The van der Waals surface area contributed by atoms with Gasteiger partial charge < -0.3 is 24.6 Å². The smallest absolute Gasteiger partial charge is 0.221 e. The third-order valence-electron chi connectivity index (χ3n) is 5.66. The molecule has 166 valence electrons. The monoisotopic (exact) mass is 446 g/mol. The Morgan fingerprint density at radius 2 is 2.19 bits per heavy atom.